The SMILES string of the molecule is CC1(C)O[B]OC1(C)C.CCCc1c(OCCCOc2cc(OCc3ccccc3)c(Br)cc2CC)cccc1Oc1ccccc1C. The van der Waals surface area contributed by atoms with Gasteiger partial charge in [0.05, 0.1) is 28.9 Å². The molecule has 0 aliphatic carbocycles. The molecule has 0 spiro atoms. The Morgan fingerprint density at radius 3 is 1.94 bits per heavy atom. The van der Waals surface area contributed by atoms with E-state index >= 15 is 0 Å². The Morgan fingerprint density at radius 1 is 0.688 bits per heavy atom. The van der Waals surface area contributed by atoms with Gasteiger partial charge < -0.3 is 28.3 Å². The lowest BCUT2D eigenvalue weighted by Gasteiger charge is -2.32. The summed E-state index contributed by atoms with van der Waals surface area (Å²) in [6.45, 7) is 16.0. The van der Waals surface area contributed by atoms with E-state index in [0.717, 1.165) is 81.2 Å². The molecule has 255 valence electrons. The Balaban J connectivity index is 0.000000500. The molecule has 48 heavy (non-hydrogen) atoms. The van der Waals surface area contributed by atoms with Gasteiger partial charge in [-0.2, -0.15) is 0 Å². The van der Waals surface area contributed by atoms with Crippen LogP contribution in [0.25, 0.3) is 0 Å². The predicted molar refractivity (Wildman–Crippen MR) is 198 cm³/mol. The molecule has 1 aliphatic rings. The van der Waals surface area contributed by atoms with Gasteiger partial charge in [-0.3, -0.25) is 0 Å². The van der Waals surface area contributed by atoms with Crippen molar-refractivity contribution in [3.05, 3.63) is 112 Å². The summed E-state index contributed by atoms with van der Waals surface area (Å²) in [7, 11) is 1.42. The van der Waals surface area contributed by atoms with Gasteiger partial charge in [-0.1, -0.05) is 74.9 Å². The highest BCUT2D eigenvalue weighted by Gasteiger charge is 2.44. The molecule has 0 saturated carbocycles. The fraction of sp³-hybridized carbons (Fsp3) is 0.400. The van der Waals surface area contributed by atoms with Gasteiger partial charge in [-0.05, 0) is 104 Å². The number of aryl methyl sites for hydroxylation is 2. The number of halogens is 1. The number of hydrogen-bond donors (Lipinski definition) is 0. The van der Waals surface area contributed by atoms with Crippen LogP contribution in [-0.4, -0.2) is 32.1 Å². The number of ether oxygens (including phenoxy) is 4. The fourth-order valence-corrected chi connectivity index (χ4v) is 5.37. The second-order valence-electron chi connectivity index (χ2n) is 12.8. The first-order valence-electron chi connectivity index (χ1n) is 16.8. The fourth-order valence-electron chi connectivity index (χ4n) is 4.87. The molecule has 1 fully saturated rings. The monoisotopic (exact) mass is 715 g/mol. The lowest BCUT2D eigenvalue weighted by molar-refractivity contribution is 0.00578. The lowest BCUT2D eigenvalue weighted by atomic mass is 9.90. The second kappa shape index (κ2) is 17.8. The van der Waals surface area contributed by atoms with Crippen molar-refractivity contribution in [1.29, 1.82) is 0 Å². The van der Waals surface area contributed by atoms with Crippen LogP contribution in [0.1, 0.15) is 76.6 Å². The van der Waals surface area contributed by atoms with Crippen molar-refractivity contribution < 1.29 is 28.3 Å². The third-order valence-electron chi connectivity index (χ3n) is 8.58. The zero-order valence-corrected chi connectivity index (χ0v) is 31.0. The normalized spacial score (nSPS) is 14.3. The summed E-state index contributed by atoms with van der Waals surface area (Å²) in [4.78, 5) is 0. The molecule has 0 bridgehead atoms. The summed E-state index contributed by atoms with van der Waals surface area (Å²) in [6.07, 6.45) is 3.52. The van der Waals surface area contributed by atoms with E-state index in [1.165, 1.54) is 7.69 Å². The van der Waals surface area contributed by atoms with Gasteiger partial charge in [0, 0.05) is 18.1 Å². The van der Waals surface area contributed by atoms with E-state index in [0.29, 0.717) is 19.8 Å². The minimum Gasteiger partial charge on any atom is -0.493 e. The summed E-state index contributed by atoms with van der Waals surface area (Å²) < 4.78 is 36.2. The van der Waals surface area contributed by atoms with Crippen LogP contribution in [0.5, 0.6) is 28.7 Å². The van der Waals surface area contributed by atoms with E-state index in [1.807, 2.05) is 88.4 Å². The number of para-hydroxylation sites is 1. The van der Waals surface area contributed by atoms with E-state index in [1.54, 1.807) is 0 Å². The van der Waals surface area contributed by atoms with Crippen LogP contribution >= 0.6 is 15.9 Å². The molecule has 6 nitrogen and oxygen atoms in total. The van der Waals surface area contributed by atoms with Gasteiger partial charge in [-0.25, -0.2) is 0 Å². The maximum absolute atomic E-state index is 6.29. The Labute approximate surface area is 296 Å². The van der Waals surface area contributed by atoms with Crippen molar-refractivity contribution in [3.63, 3.8) is 0 Å². The molecule has 1 aliphatic heterocycles. The summed E-state index contributed by atoms with van der Waals surface area (Å²) in [5.74, 6) is 4.22. The first-order valence-corrected chi connectivity index (χ1v) is 17.6. The highest BCUT2D eigenvalue weighted by atomic mass is 79.9. The highest BCUT2D eigenvalue weighted by molar-refractivity contribution is 9.10. The highest BCUT2D eigenvalue weighted by Crippen LogP contribution is 2.36. The molecule has 1 heterocycles. The molecular weight excluding hydrogens is 667 g/mol. The van der Waals surface area contributed by atoms with E-state index in [9.17, 15) is 0 Å². The maximum atomic E-state index is 6.29. The van der Waals surface area contributed by atoms with Gasteiger partial charge in [0.25, 0.3) is 0 Å². The average molecular weight is 717 g/mol. The van der Waals surface area contributed by atoms with E-state index in [2.05, 4.69) is 61.0 Å². The Kier molecular flexibility index (Phi) is 13.9. The predicted octanol–water partition coefficient (Wildman–Crippen LogP) is 10.6. The van der Waals surface area contributed by atoms with Crippen LogP contribution in [0.15, 0.2) is 89.4 Å². The number of hydrogen-bond acceptors (Lipinski definition) is 6. The van der Waals surface area contributed by atoms with Crippen LogP contribution in [0.3, 0.4) is 0 Å². The molecule has 0 aromatic heterocycles. The van der Waals surface area contributed by atoms with Crippen molar-refractivity contribution >= 4 is 23.6 Å². The minimum atomic E-state index is -0.188. The first-order chi connectivity index (χ1) is 23.0. The Hall–Kier alpha value is -3.46. The molecule has 4 aromatic carbocycles. The average Bonchev–Trinajstić information content (AvgIpc) is 3.32. The summed E-state index contributed by atoms with van der Waals surface area (Å²) in [6, 6.07) is 28.3. The van der Waals surface area contributed by atoms with Gasteiger partial charge in [0.15, 0.2) is 0 Å². The standard InChI is InChI=1S/C34H37BrO4.C6H12BO2/c1-4-13-28-31(18-11-19-32(28)39-30-17-10-9-14-25(30)3)36-20-12-21-37-33-23-34(29(35)22-27(33)5-2)38-24-26-15-7-6-8-16-26;1-5(2)6(3,4)9-7-8-5/h6-11,14-19,22-23H,4-5,12-13,20-21,24H2,1-3H3;1-4H3. The van der Waals surface area contributed by atoms with Crippen molar-refractivity contribution in [2.75, 3.05) is 13.2 Å². The van der Waals surface area contributed by atoms with Crippen LogP contribution in [-0.2, 0) is 28.8 Å². The Bertz CT molecular complexity index is 1580. The van der Waals surface area contributed by atoms with E-state index in [4.69, 9.17) is 28.3 Å². The van der Waals surface area contributed by atoms with Crippen molar-refractivity contribution in [2.45, 2.75) is 92.0 Å². The van der Waals surface area contributed by atoms with Crippen LogP contribution in [0.4, 0.5) is 0 Å². The zero-order chi connectivity index (χ0) is 34.6. The van der Waals surface area contributed by atoms with Crippen LogP contribution in [0, 0.1) is 6.92 Å². The molecule has 0 unspecified atom stereocenters. The first kappa shape index (κ1) is 37.4. The molecule has 4 aromatic rings. The number of rotatable bonds is 14. The lowest BCUT2D eigenvalue weighted by Crippen LogP contribution is -2.41. The van der Waals surface area contributed by atoms with Crippen molar-refractivity contribution in [1.82, 2.24) is 0 Å². The maximum Gasteiger partial charge on any atom is 0.488 e. The Morgan fingerprint density at radius 2 is 1.31 bits per heavy atom. The smallest absolute Gasteiger partial charge is 0.488 e. The molecular formula is C40H49BBrO6. The molecule has 1 radical (unpaired) electrons. The topological polar surface area (TPSA) is 55.4 Å². The molecule has 0 atom stereocenters. The third kappa shape index (κ3) is 10.3. The molecule has 8 heteroatoms. The van der Waals surface area contributed by atoms with Gasteiger partial charge in [0.1, 0.15) is 35.4 Å². The molecule has 0 N–H and O–H groups in total. The second-order valence-corrected chi connectivity index (χ2v) is 13.6. The van der Waals surface area contributed by atoms with E-state index in [-0.39, 0.29) is 11.2 Å². The molecule has 5 rings (SSSR count). The van der Waals surface area contributed by atoms with Gasteiger partial charge in [0.2, 0.25) is 0 Å². The van der Waals surface area contributed by atoms with Crippen molar-refractivity contribution in [3.8, 4) is 28.7 Å². The largest absolute Gasteiger partial charge is 0.493 e. The van der Waals surface area contributed by atoms with Crippen molar-refractivity contribution in [2.24, 2.45) is 0 Å². The minimum absolute atomic E-state index is 0.187. The molecule has 0 amide bonds. The van der Waals surface area contributed by atoms with Crippen LogP contribution < -0.4 is 18.9 Å². The summed E-state index contributed by atoms with van der Waals surface area (Å²) >= 11 is 3.65. The van der Waals surface area contributed by atoms with Crippen LogP contribution in [0.2, 0.25) is 0 Å². The third-order valence-corrected chi connectivity index (χ3v) is 9.20. The van der Waals surface area contributed by atoms with Gasteiger partial charge >= 0.3 is 7.69 Å². The van der Waals surface area contributed by atoms with Gasteiger partial charge in [-0.15, -0.1) is 0 Å². The quantitative estimate of drug-likeness (QED) is 0.0957. The zero-order valence-electron chi connectivity index (χ0n) is 29.4. The van der Waals surface area contributed by atoms with E-state index < -0.39 is 0 Å². The number of benzene rings is 4. The summed E-state index contributed by atoms with van der Waals surface area (Å²) in [5, 5.41) is 0. The molecule has 1 saturated heterocycles. The summed E-state index contributed by atoms with van der Waals surface area (Å²) in [5.41, 5.74) is 4.10.